The highest BCUT2D eigenvalue weighted by molar-refractivity contribution is 6.37. The molecule has 2 aromatic rings. The molecule has 120 valence electrons. The number of nitrogens with zero attached hydrogens (tertiary/aromatic N) is 1. The summed E-state index contributed by atoms with van der Waals surface area (Å²) >= 11 is 11.9. The van der Waals surface area contributed by atoms with Crippen molar-refractivity contribution in [3.05, 3.63) is 58.1 Å². The van der Waals surface area contributed by atoms with Crippen molar-refractivity contribution in [2.75, 3.05) is 36.5 Å². The van der Waals surface area contributed by atoms with Crippen molar-refractivity contribution in [2.45, 2.75) is 0 Å². The van der Waals surface area contributed by atoms with Crippen molar-refractivity contribution in [1.29, 1.82) is 0 Å². The summed E-state index contributed by atoms with van der Waals surface area (Å²) in [5.41, 5.74) is 2.19. The number of ether oxygens (including phenoxy) is 1. The van der Waals surface area contributed by atoms with Crippen LogP contribution < -0.4 is 10.2 Å². The van der Waals surface area contributed by atoms with Gasteiger partial charge in [0.1, 0.15) is 0 Å². The molecule has 2 aromatic carbocycles. The maximum atomic E-state index is 12.4. The van der Waals surface area contributed by atoms with Gasteiger partial charge in [0.05, 0.1) is 23.8 Å². The smallest absolute Gasteiger partial charge is 0.257 e. The maximum absolute atomic E-state index is 12.4. The molecule has 0 spiro atoms. The summed E-state index contributed by atoms with van der Waals surface area (Å²) in [6, 6.07) is 12.6. The van der Waals surface area contributed by atoms with Crippen LogP contribution in [0.5, 0.6) is 0 Å². The van der Waals surface area contributed by atoms with E-state index in [0.29, 0.717) is 15.6 Å². The van der Waals surface area contributed by atoms with Gasteiger partial charge in [-0.25, -0.2) is 0 Å². The molecule has 1 aliphatic heterocycles. The fourth-order valence-corrected chi connectivity index (χ4v) is 2.97. The lowest BCUT2D eigenvalue weighted by Crippen LogP contribution is -2.36. The van der Waals surface area contributed by atoms with Gasteiger partial charge < -0.3 is 15.0 Å². The van der Waals surface area contributed by atoms with Gasteiger partial charge in [0.25, 0.3) is 5.91 Å². The van der Waals surface area contributed by atoms with E-state index in [1.807, 2.05) is 24.3 Å². The summed E-state index contributed by atoms with van der Waals surface area (Å²) in [4.78, 5) is 14.6. The predicted octanol–water partition coefficient (Wildman–Crippen LogP) is 4.08. The Labute approximate surface area is 144 Å². The maximum Gasteiger partial charge on any atom is 0.257 e. The van der Waals surface area contributed by atoms with E-state index in [9.17, 15) is 4.79 Å². The third-order valence-corrected chi connectivity index (χ3v) is 4.20. The van der Waals surface area contributed by atoms with Gasteiger partial charge in [-0.05, 0) is 36.4 Å². The molecule has 0 atom stereocenters. The lowest BCUT2D eigenvalue weighted by molar-refractivity contribution is 0.102. The standard InChI is InChI=1S/C17H16Cl2N2O2/c18-12-4-5-15(16(19)10-12)17(22)20-13-2-1-3-14(11-13)21-6-8-23-9-7-21/h1-5,10-11H,6-9H2,(H,20,22). The number of hydrogen-bond donors (Lipinski definition) is 1. The molecule has 3 rings (SSSR count). The molecule has 0 aliphatic carbocycles. The van der Waals surface area contributed by atoms with Crippen molar-refractivity contribution in [2.24, 2.45) is 0 Å². The van der Waals surface area contributed by atoms with Gasteiger partial charge in [-0.2, -0.15) is 0 Å². The first-order valence-corrected chi connectivity index (χ1v) is 8.08. The van der Waals surface area contributed by atoms with Gasteiger partial charge in [-0.1, -0.05) is 29.3 Å². The molecule has 0 radical (unpaired) electrons. The number of rotatable bonds is 3. The van der Waals surface area contributed by atoms with Crippen LogP contribution >= 0.6 is 23.2 Å². The van der Waals surface area contributed by atoms with Gasteiger partial charge in [-0.3, -0.25) is 4.79 Å². The van der Waals surface area contributed by atoms with E-state index in [0.717, 1.165) is 37.7 Å². The van der Waals surface area contributed by atoms with Crippen LogP contribution in [0.15, 0.2) is 42.5 Å². The third kappa shape index (κ3) is 3.96. The summed E-state index contributed by atoms with van der Waals surface area (Å²) in [7, 11) is 0. The van der Waals surface area contributed by atoms with Crippen molar-refractivity contribution < 1.29 is 9.53 Å². The summed E-state index contributed by atoms with van der Waals surface area (Å²) in [6.45, 7) is 3.13. The molecule has 0 unspecified atom stereocenters. The van der Waals surface area contributed by atoms with E-state index in [1.54, 1.807) is 18.2 Å². The average molecular weight is 351 g/mol. The fraction of sp³-hybridized carbons (Fsp3) is 0.235. The molecule has 4 nitrogen and oxygen atoms in total. The molecule has 23 heavy (non-hydrogen) atoms. The summed E-state index contributed by atoms with van der Waals surface area (Å²) in [5, 5.41) is 3.71. The molecular formula is C17H16Cl2N2O2. The van der Waals surface area contributed by atoms with E-state index < -0.39 is 0 Å². The van der Waals surface area contributed by atoms with Crippen molar-refractivity contribution in [1.82, 2.24) is 0 Å². The van der Waals surface area contributed by atoms with Crippen LogP contribution in [0.4, 0.5) is 11.4 Å². The molecule has 1 aliphatic rings. The number of morpholine rings is 1. The quantitative estimate of drug-likeness (QED) is 0.906. The highest BCUT2D eigenvalue weighted by Gasteiger charge is 2.14. The molecule has 6 heteroatoms. The number of hydrogen-bond acceptors (Lipinski definition) is 3. The van der Waals surface area contributed by atoms with Crippen LogP contribution in [0.25, 0.3) is 0 Å². The molecule has 1 fully saturated rings. The highest BCUT2D eigenvalue weighted by atomic mass is 35.5. The normalized spacial score (nSPS) is 14.6. The van der Waals surface area contributed by atoms with E-state index in [2.05, 4.69) is 10.2 Å². The Bertz CT molecular complexity index is 715. The number of carbonyl (C=O) groups excluding carboxylic acids is 1. The van der Waals surface area contributed by atoms with Gasteiger partial charge in [0.15, 0.2) is 0 Å². The number of anilines is 2. The zero-order valence-electron chi connectivity index (χ0n) is 12.4. The Morgan fingerprint density at radius 2 is 1.87 bits per heavy atom. The first-order valence-electron chi connectivity index (χ1n) is 7.32. The Kier molecular flexibility index (Phi) is 5.06. The largest absolute Gasteiger partial charge is 0.378 e. The van der Waals surface area contributed by atoms with Gasteiger partial charge in [-0.15, -0.1) is 0 Å². The minimum atomic E-state index is -0.259. The SMILES string of the molecule is O=C(Nc1cccc(N2CCOCC2)c1)c1ccc(Cl)cc1Cl. The van der Waals surface area contributed by atoms with E-state index in [-0.39, 0.29) is 5.91 Å². The molecule has 0 saturated carbocycles. The summed E-state index contributed by atoms with van der Waals surface area (Å²) in [6.07, 6.45) is 0. The second kappa shape index (κ2) is 7.21. The number of benzene rings is 2. The van der Waals surface area contributed by atoms with Crippen molar-refractivity contribution in [3.63, 3.8) is 0 Å². The van der Waals surface area contributed by atoms with Crippen LogP contribution in [0, 0.1) is 0 Å². The Hall–Kier alpha value is -1.75. The van der Waals surface area contributed by atoms with Crippen LogP contribution in [-0.2, 0) is 4.74 Å². The summed E-state index contributed by atoms with van der Waals surface area (Å²) in [5.74, 6) is -0.259. The average Bonchev–Trinajstić information content (AvgIpc) is 2.56. The fourth-order valence-electron chi connectivity index (χ4n) is 2.47. The zero-order valence-corrected chi connectivity index (χ0v) is 13.9. The lowest BCUT2D eigenvalue weighted by Gasteiger charge is -2.29. The Morgan fingerprint density at radius 1 is 1.09 bits per heavy atom. The molecule has 1 amide bonds. The molecular weight excluding hydrogens is 335 g/mol. The number of halogens is 2. The number of amides is 1. The van der Waals surface area contributed by atoms with E-state index in [1.165, 1.54) is 0 Å². The van der Waals surface area contributed by atoms with E-state index in [4.69, 9.17) is 27.9 Å². The van der Waals surface area contributed by atoms with E-state index >= 15 is 0 Å². The minimum absolute atomic E-state index is 0.259. The summed E-state index contributed by atoms with van der Waals surface area (Å²) < 4.78 is 5.36. The van der Waals surface area contributed by atoms with Crippen LogP contribution in [-0.4, -0.2) is 32.2 Å². The molecule has 1 saturated heterocycles. The van der Waals surface area contributed by atoms with Gasteiger partial charge >= 0.3 is 0 Å². The molecule has 1 heterocycles. The first-order chi connectivity index (χ1) is 11.1. The highest BCUT2D eigenvalue weighted by Crippen LogP contribution is 2.24. The first kappa shape index (κ1) is 16.1. The second-order valence-electron chi connectivity index (χ2n) is 5.23. The molecule has 1 N–H and O–H groups in total. The van der Waals surface area contributed by atoms with Crippen molar-refractivity contribution >= 4 is 40.5 Å². The number of nitrogens with one attached hydrogen (secondary N) is 1. The zero-order chi connectivity index (χ0) is 16.2. The van der Waals surface area contributed by atoms with Crippen LogP contribution in [0.2, 0.25) is 10.0 Å². The van der Waals surface area contributed by atoms with Crippen LogP contribution in [0.1, 0.15) is 10.4 Å². The predicted molar refractivity (Wildman–Crippen MR) is 93.9 cm³/mol. The number of carbonyl (C=O) groups is 1. The second-order valence-corrected chi connectivity index (χ2v) is 6.07. The van der Waals surface area contributed by atoms with Crippen LogP contribution in [0.3, 0.4) is 0 Å². The monoisotopic (exact) mass is 350 g/mol. The van der Waals surface area contributed by atoms with Gasteiger partial charge in [0, 0.05) is 29.5 Å². The Morgan fingerprint density at radius 3 is 2.61 bits per heavy atom. The lowest BCUT2D eigenvalue weighted by atomic mass is 10.2. The topological polar surface area (TPSA) is 41.6 Å². The molecule has 0 aromatic heterocycles. The molecule has 0 bridgehead atoms. The minimum Gasteiger partial charge on any atom is -0.378 e. The van der Waals surface area contributed by atoms with Gasteiger partial charge in [0.2, 0.25) is 0 Å². The Balaban J connectivity index is 1.75. The van der Waals surface area contributed by atoms with Crippen molar-refractivity contribution in [3.8, 4) is 0 Å². The third-order valence-electron chi connectivity index (χ3n) is 3.66.